The quantitative estimate of drug-likeness (QED) is 0.231. The Morgan fingerprint density at radius 1 is 1.00 bits per heavy atom. The first kappa shape index (κ1) is 26.5. The molecule has 8 nitrogen and oxygen atoms in total. The van der Waals surface area contributed by atoms with Gasteiger partial charge in [-0.2, -0.15) is 0 Å². The number of nitrogens with zero attached hydrogens (tertiary/aromatic N) is 2. The molecule has 3 aromatic carbocycles. The third kappa shape index (κ3) is 6.31. The van der Waals surface area contributed by atoms with Gasteiger partial charge in [-0.05, 0) is 54.8 Å². The summed E-state index contributed by atoms with van der Waals surface area (Å²) in [5.41, 5.74) is 2.41. The summed E-state index contributed by atoms with van der Waals surface area (Å²) in [6.07, 6.45) is 4.36. The number of thioether (sulfide) groups is 1. The monoisotopic (exact) mass is 542 g/mol. The van der Waals surface area contributed by atoms with Gasteiger partial charge in [0.2, 0.25) is 5.91 Å². The zero-order valence-electron chi connectivity index (χ0n) is 21.7. The Labute approximate surface area is 230 Å². The maximum Gasteiger partial charge on any atom is 0.262 e. The van der Waals surface area contributed by atoms with E-state index in [4.69, 9.17) is 9.72 Å². The van der Waals surface area contributed by atoms with Crippen LogP contribution in [-0.2, 0) is 11.3 Å². The molecule has 1 saturated carbocycles. The molecule has 0 spiro atoms. The Hall–Kier alpha value is -4.11. The molecule has 9 heteroatoms. The first-order valence-electron chi connectivity index (χ1n) is 13.0. The number of carbonyl (C=O) groups is 2. The van der Waals surface area contributed by atoms with Crippen molar-refractivity contribution in [2.45, 2.75) is 43.4 Å². The molecule has 1 heterocycles. The SMILES string of the molecule is COc1ccccc1NC(=O)CSc1nc2ccccc2c(=O)n1Cc1ccc(C(=O)NC2CCCC2)cc1. The maximum absolute atomic E-state index is 13.5. The average molecular weight is 543 g/mol. The van der Waals surface area contributed by atoms with E-state index >= 15 is 0 Å². The molecule has 0 saturated heterocycles. The van der Waals surface area contributed by atoms with Gasteiger partial charge in [0, 0.05) is 11.6 Å². The van der Waals surface area contributed by atoms with E-state index in [9.17, 15) is 14.4 Å². The minimum Gasteiger partial charge on any atom is -0.495 e. The fraction of sp³-hybridized carbons (Fsp3) is 0.267. The van der Waals surface area contributed by atoms with Crippen LogP contribution in [0.5, 0.6) is 5.75 Å². The molecule has 1 aromatic heterocycles. The highest BCUT2D eigenvalue weighted by Gasteiger charge is 2.18. The van der Waals surface area contributed by atoms with Gasteiger partial charge in [0.25, 0.3) is 11.5 Å². The van der Waals surface area contributed by atoms with Gasteiger partial charge >= 0.3 is 0 Å². The summed E-state index contributed by atoms with van der Waals surface area (Å²) in [6.45, 7) is 0.262. The first-order chi connectivity index (χ1) is 19.0. The van der Waals surface area contributed by atoms with E-state index < -0.39 is 0 Å². The molecule has 2 N–H and O–H groups in total. The molecule has 200 valence electrons. The van der Waals surface area contributed by atoms with Crippen molar-refractivity contribution in [3.63, 3.8) is 0 Å². The number of methoxy groups -OCH3 is 1. The molecule has 2 amide bonds. The summed E-state index contributed by atoms with van der Waals surface area (Å²) in [5.74, 6) is 0.312. The third-order valence-electron chi connectivity index (χ3n) is 6.79. The molecule has 0 bridgehead atoms. The van der Waals surface area contributed by atoms with Crippen molar-refractivity contribution < 1.29 is 14.3 Å². The van der Waals surface area contributed by atoms with Gasteiger partial charge in [0.05, 0.1) is 36.0 Å². The highest BCUT2D eigenvalue weighted by Crippen LogP contribution is 2.25. The summed E-state index contributed by atoms with van der Waals surface area (Å²) in [7, 11) is 1.55. The molecule has 0 unspecified atom stereocenters. The zero-order valence-corrected chi connectivity index (χ0v) is 22.5. The van der Waals surface area contributed by atoms with Crippen LogP contribution in [0.1, 0.15) is 41.6 Å². The number of amides is 2. The summed E-state index contributed by atoms with van der Waals surface area (Å²) in [4.78, 5) is 43.6. The van der Waals surface area contributed by atoms with Crippen molar-refractivity contribution >= 4 is 40.2 Å². The van der Waals surface area contributed by atoms with Gasteiger partial charge < -0.3 is 15.4 Å². The van der Waals surface area contributed by atoms with Crippen LogP contribution in [0.25, 0.3) is 10.9 Å². The third-order valence-corrected chi connectivity index (χ3v) is 7.76. The molecule has 1 aliphatic carbocycles. The summed E-state index contributed by atoms with van der Waals surface area (Å²) < 4.78 is 6.89. The van der Waals surface area contributed by atoms with E-state index in [1.54, 1.807) is 54.1 Å². The summed E-state index contributed by atoms with van der Waals surface area (Å²) in [5, 5.41) is 6.91. The Kier molecular flexibility index (Phi) is 8.27. The highest BCUT2D eigenvalue weighted by atomic mass is 32.2. The van der Waals surface area contributed by atoms with E-state index in [0.717, 1.165) is 31.2 Å². The van der Waals surface area contributed by atoms with Gasteiger partial charge in [-0.1, -0.05) is 61.0 Å². The number of ether oxygens (including phenoxy) is 1. The fourth-order valence-corrected chi connectivity index (χ4v) is 5.54. The fourth-order valence-electron chi connectivity index (χ4n) is 4.74. The van der Waals surface area contributed by atoms with Crippen molar-refractivity contribution in [2.75, 3.05) is 18.2 Å². The molecule has 39 heavy (non-hydrogen) atoms. The van der Waals surface area contributed by atoms with Gasteiger partial charge in [0.1, 0.15) is 5.75 Å². The molecule has 1 fully saturated rings. The number of hydrogen-bond acceptors (Lipinski definition) is 6. The molecule has 4 aromatic rings. The number of benzene rings is 3. The average Bonchev–Trinajstić information content (AvgIpc) is 3.47. The lowest BCUT2D eigenvalue weighted by Gasteiger charge is -2.15. The van der Waals surface area contributed by atoms with Crippen LogP contribution in [0.2, 0.25) is 0 Å². The van der Waals surface area contributed by atoms with Crippen molar-refractivity contribution in [3.05, 3.63) is 94.3 Å². The minimum atomic E-state index is -0.240. The minimum absolute atomic E-state index is 0.0586. The van der Waals surface area contributed by atoms with E-state index in [2.05, 4.69) is 10.6 Å². The predicted molar refractivity (Wildman–Crippen MR) is 154 cm³/mol. The topological polar surface area (TPSA) is 102 Å². The number of para-hydroxylation sites is 3. The van der Waals surface area contributed by atoms with Crippen LogP contribution >= 0.6 is 11.8 Å². The van der Waals surface area contributed by atoms with E-state index in [1.165, 1.54) is 11.8 Å². The van der Waals surface area contributed by atoms with Crippen LogP contribution in [0.15, 0.2) is 82.7 Å². The number of carbonyl (C=O) groups excluding carboxylic acids is 2. The number of nitrogens with one attached hydrogen (secondary N) is 2. The van der Waals surface area contributed by atoms with Gasteiger partial charge in [-0.3, -0.25) is 19.0 Å². The Bertz CT molecular complexity index is 1550. The highest BCUT2D eigenvalue weighted by molar-refractivity contribution is 7.99. The van der Waals surface area contributed by atoms with Crippen LogP contribution in [0.3, 0.4) is 0 Å². The smallest absolute Gasteiger partial charge is 0.262 e. The lowest BCUT2D eigenvalue weighted by molar-refractivity contribution is -0.113. The largest absolute Gasteiger partial charge is 0.495 e. The zero-order chi connectivity index (χ0) is 27.2. The van der Waals surface area contributed by atoms with Gasteiger partial charge in [-0.25, -0.2) is 4.98 Å². The second kappa shape index (κ2) is 12.2. The second-order valence-corrected chi connectivity index (χ2v) is 10.4. The van der Waals surface area contributed by atoms with Crippen LogP contribution < -0.4 is 20.9 Å². The first-order valence-corrected chi connectivity index (χ1v) is 14.0. The van der Waals surface area contributed by atoms with E-state index in [-0.39, 0.29) is 35.7 Å². The van der Waals surface area contributed by atoms with Crippen LogP contribution in [-0.4, -0.2) is 40.3 Å². The Morgan fingerprint density at radius 3 is 2.49 bits per heavy atom. The van der Waals surface area contributed by atoms with Gasteiger partial charge in [-0.15, -0.1) is 0 Å². The molecule has 1 aliphatic rings. The molecular formula is C30H30N4O4S. The van der Waals surface area contributed by atoms with E-state index in [1.807, 2.05) is 30.3 Å². The lowest BCUT2D eigenvalue weighted by Crippen LogP contribution is -2.32. The molecule has 0 radical (unpaired) electrons. The van der Waals surface area contributed by atoms with Gasteiger partial charge in [0.15, 0.2) is 5.16 Å². The number of rotatable bonds is 9. The predicted octanol–water partition coefficient (Wildman–Crippen LogP) is 4.86. The van der Waals surface area contributed by atoms with Crippen LogP contribution in [0, 0.1) is 0 Å². The number of anilines is 1. The van der Waals surface area contributed by atoms with Crippen molar-refractivity contribution in [1.82, 2.24) is 14.9 Å². The van der Waals surface area contributed by atoms with Crippen LogP contribution in [0.4, 0.5) is 5.69 Å². The van der Waals surface area contributed by atoms with E-state index in [0.29, 0.717) is 33.1 Å². The lowest BCUT2D eigenvalue weighted by atomic mass is 10.1. The maximum atomic E-state index is 13.5. The second-order valence-electron chi connectivity index (χ2n) is 9.49. The summed E-state index contributed by atoms with van der Waals surface area (Å²) in [6, 6.07) is 21.9. The standard InChI is InChI=1S/C30H30N4O4S/c1-38-26-13-7-6-12-25(26)32-27(35)19-39-30-33-24-11-5-4-10-23(24)29(37)34(30)18-20-14-16-21(17-15-20)28(36)31-22-8-2-3-9-22/h4-7,10-17,22H,2-3,8-9,18-19H2,1H3,(H,31,36)(H,32,35). The van der Waals surface area contributed by atoms with Crippen molar-refractivity contribution in [2.24, 2.45) is 0 Å². The normalized spacial score (nSPS) is 13.4. The summed E-state index contributed by atoms with van der Waals surface area (Å²) >= 11 is 1.20. The molecular weight excluding hydrogens is 512 g/mol. The molecule has 0 aliphatic heterocycles. The van der Waals surface area contributed by atoms with Crippen molar-refractivity contribution in [1.29, 1.82) is 0 Å². The molecule has 0 atom stereocenters. The number of hydrogen-bond donors (Lipinski definition) is 2. The Balaban J connectivity index is 1.34. The Morgan fingerprint density at radius 2 is 1.72 bits per heavy atom. The molecule has 5 rings (SSSR count). The van der Waals surface area contributed by atoms with Crippen molar-refractivity contribution in [3.8, 4) is 5.75 Å². The number of aromatic nitrogens is 2. The number of fused-ring (bicyclic) bond motifs is 1.